The Labute approximate surface area is 99.2 Å². The molecule has 1 saturated heterocycles. The Morgan fingerprint density at radius 1 is 1.44 bits per heavy atom. The first-order valence-corrected chi connectivity index (χ1v) is 7.83. The molecular formula is C11H24N2O2S. The van der Waals surface area contributed by atoms with E-state index in [0.717, 1.165) is 32.4 Å². The third-order valence-electron chi connectivity index (χ3n) is 2.90. The third kappa shape index (κ3) is 5.82. The Balaban J connectivity index is 2.18. The lowest BCUT2D eigenvalue weighted by Gasteiger charge is -2.11. The fourth-order valence-corrected chi connectivity index (χ4v) is 3.44. The molecule has 0 aromatic rings. The van der Waals surface area contributed by atoms with Crippen molar-refractivity contribution in [1.29, 1.82) is 0 Å². The Bertz CT molecular complexity index is 282. The molecule has 4 nitrogen and oxygen atoms in total. The summed E-state index contributed by atoms with van der Waals surface area (Å²) in [5.41, 5.74) is 0. The predicted molar refractivity (Wildman–Crippen MR) is 66.8 cm³/mol. The molecule has 0 amide bonds. The van der Waals surface area contributed by atoms with E-state index in [1.54, 1.807) is 0 Å². The summed E-state index contributed by atoms with van der Waals surface area (Å²) in [7, 11) is -3.05. The standard InChI is InChI=1S/C11H24N2O2S/c1-10(2)4-3-6-13-16(14,15)9-11-5-7-12-8-11/h10-13H,3-9H2,1-2H3. The minimum atomic E-state index is -3.05. The van der Waals surface area contributed by atoms with Gasteiger partial charge in [0.05, 0.1) is 5.75 Å². The molecule has 0 aliphatic carbocycles. The monoisotopic (exact) mass is 248 g/mol. The Morgan fingerprint density at radius 2 is 2.19 bits per heavy atom. The van der Waals surface area contributed by atoms with Crippen LogP contribution in [-0.4, -0.2) is 33.8 Å². The second kappa shape index (κ2) is 6.57. The minimum absolute atomic E-state index is 0.279. The first-order chi connectivity index (χ1) is 7.49. The van der Waals surface area contributed by atoms with Crippen LogP contribution in [0.4, 0.5) is 0 Å². The summed E-state index contributed by atoms with van der Waals surface area (Å²) in [6, 6.07) is 0. The van der Waals surface area contributed by atoms with E-state index in [0.29, 0.717) is 18.4 Å². The van der Waals surface area contributed by atoms with E-state index in [2.05, 4.69) is 23.9 Å². The number of sulfonamides is 1. The maximum Gasteiger partial charge on any atom is 0.211 e. The summed E-state index contributed by atoms with van der Waals surface area (Å²) in [6.45, 7) is 6.68. The Kier molecular flexibility index (Phi) is 5.72. The fraction of sp³-hybridized carbons (Fsp3) is 1.00. The molecule has 0 aromatic carbocycles. The van der Waals surface area contributed by atoms with Gasteiger partial charge in [0.25, 0.3) is 0 Å². The zero-order chi connectivity index (χ0) is 12.0. The molecule has 1 unspecified atom stereocenters. The smallest absolute Gasteiger partial charge is 0.211 e. The van der Waals surface area contributed by atoms with Crippen molar-refractivity contribution in [2.75, 3.05) is 25.4 Å². The van der Waals surface area contributed by atoms with E-state index < -0.39 is 10.0 Å². The van der Waals surface area contributed by atoms with Crippen LogP contribution in [0.3, 0.4) is 0 Å². The lowest BCUT2D eigenvalue weighted by Crippen LogP contribution is -2.31. The van der Waals surface area contributed by atoms with Crippen LogP contribution < -0.4 is 10.0 Å². The van der Waals surface area contributed by atoms with Crippen LogP contribution in [0.15, 0.2) is 0 Å². The number of hydrogen-bond donors (Lipinski definition) is 2. The maximum absolute atomic E-state index is 11.7. The quantitative estimate of drug-likeness (QED) is 0.660. The largest absolute Gasteiger partial charge is 0.316 e. The van der Waals surface area contributed by atoms with Crippen molar-refractivity contribution >= 4 is 10.0 Å². The van der Waals surface area contributed by atoms with Crippen LogP contribution in [0, 0.1) is 11.8 Å². The lowest BCUT2D eigenvalue weighted by molar-refractivity contribution is 0.532. The van der Waals surface area contributed by atoms with E-state index in [1.165, 1.54) is 0 Å². The molecular weight excluding hydrogens is 224 g/mol. The van der Waals surface area contributed by atoms with Crippen LogP contribution >= 0.6 is 0 Å². The summed E-state index contributed by atoms with van der Waals surface area (Å²) in [4.78, 5) is 0. The van der Waals surface area contributed by atoms with Gasteiger partial charge in [-0.25, -0.2) is 13.1 Å². The summed E-state index contributed by atoms with van der Waals surface area (Å²) in [5, 5.41) is 3.18. The van der Waals surface area contributed by atoms with Gasteiger partial charge in [-0.15, -0.1) is 0 Å². The molecule has 0 aromatic heterocycles. The molecule has 1 fully saturated rings. The van der Waals surface area contributed by atoms with E-state index in [-0.39, 0.29) is 5.75 Å². The molecule has 5 heteroatoms. The highest BCUT2D eigenvalue weighted by Crippen LogP contribution is 2.10. The van der Waals surface area contributed by atoms with Crippen molar-refractivity contribution in [3.05, 3.63) is 0 Å². The van der Waals surface area contributed by atoms with Crippen molar-refractivity contribution in [2.45, 2.75) is 33.1 Å². The molecule has 0 radical (unpaired) electrons. The van der Waals surface area contributed by atoms with Crippen molar-refractivity contribution in [2.24, 2.45) is 11.8 Å². The summed E-state index contributed by atoms with van der Waals surface area (Å²) in [5.74, 6) is 1.22. The van der Waals surface area contributed by atoms with Gasteiger partial charge in [-0.05, 0) is 44.2 Å². The van der Waals surface area contributed by atoms with Crippen LogP contribution in [0.25, 0.3) is 0 Å². The molecule has 1 aliphatic heterocycles. The molecule has 16 heavy (non-hydrogen) atoms. The van der Waals surface area contributed by atoms with Gasteiger partial charge in [-0.2, -0.15) is 0 Å². The number of nitrogens with one attached hydrogen (secondary N) is 2. The topological polar surface area (TPSA) is 58.2 Å². The van der Waals surface area contributed by atoms with Crippen LogP contribution in [0.5, 0.6) is 0 Å². The van der Waals surface area contributed by atoms with Gasteiger partial charge in [0, 0.05) is 6.54 Å². The molecule has 0 spiro atoms. The summed E-state index contributed by atoms with van der Waals surface area (Å²) < 4.78 is 26.1. The maximum atomic E-state index is 11.7. The third-order valence-corrected chi connectivity index (χ3v) is 4.45. The summed E-state index contributed by atoms with van der Waals surface area (Å²) in [6.07, 6.45) is 2.99. The molecule has 1 aliphatic rings. The van der Waals surface area contributed by atoms with E-state index >= 15 is 0 Å². The zero-order valence-corrected chi connectivity index (χ0v) is 11.1. The average Bonchev–Trinajstić information content (AvgIpc) is 2.64. The highest BCUT2D eigenvalue weighted by Gasteiger charge is 2.21. The molecule has 2 N–H and O–H groups in total. The summed E-state index contributed by atoms with van der Waals surface area (Å²) >= 11 is 0. The first kappa shape index (κ1) is 13.9. The van der Waals surface area contributed by atoms with E-state index in [9.17, 15) is 8.42 Å². The van der Waals surface area contributed by atoms with Crippen LogP contribution in [0.1, 0.15) is 33.1 Å². The Morgan fingerprint density at radius 3 is 2.75 bits per heavy atom. The fourth-order valence-electron chi connectivity index (χ4n) is 1.96. The van der Waals surface area contributed by atoms with Crippen molar-refractivity contribution in [3.63, 3.8) is 0 Å². The lowest BCUT2D eigenvalue weighted by atomic mass is 10.1. The van der Waals surface area contributed by atoms with Gasteiger partial charge in [-0.3, -0.25) is 0 Å². The second-order valence-electron chi connectivity index (χ2n) is 5.07. The molecule has 1 rings (SSSR count). The highest BCUT2D eigenvalue weighted by molar-refractivity contribution is 7.89. The van der Waals surface area contributed by atoms with E-state index in [1.807, 2.05) is 0 Å². The van der Waals surface area contributed by atoms with Gasteiger partial charge < -0.3 is 5.32 Å². The van der Waals surface area contributed by atoms with Crippen molar-refractivity contribution in [1.82, 2.24) is 10.0 Å². The SMILES string of the molecule is CC(C)CCCNS(=O)(=O)CC1CCNC1. The molecule has 1 atom stereocenters. The van der Waals surface area contributed by atoms with Crippen LogP contribution in [0.2, 0.25) is 0 Å². The first-order valence-electron chi connectivity index (χ1n) is 6.17. The second-order valence-corrected chi connectivity index (χ2v) is 6.92. The minimum Gasteiger partial charge on any atom is -0.316 e. The van der Waals surface area contributed by atoms with Crippen LogP contribution in [-0.2, 0) is 10.0 Å². The molecule has 1 heterocycles. The molecule has 0 saturated carbocycles. The van der Waals surface area contributed by atoms with Gasteiger partial charge in [0.2, 0.25) is 10.0 Å². The number of hydrogen-bond acceptors (Lipinski definition) is 3. The Hall–Kier alpha value is -0.130. The molecule has 0 bridgehead atoms. The van der Waals surface area contributed by atoms with Gasteiger partial charge in [0.15, 0.2) is 0 Å². The van der Waals surface area contributed by atoms with Crippen molar-refractivity contribution in [3.8, 4) is 0 Å². The average molecular weight is 248 g/mol. The van der Waals surface area contributed by atoms with Gasteiger partial charge in [-0.1, -0.05) is 13.8 Å². The van der Waals surface area contributed by atoms with Gasteiger partial charge >= 0.3 is 0 Å². The zero-order valence-electron chi connectivity index (χ0n) is 10.3. The number of rotatable bonds is 7. The predicted octanol–water partition coefficient (Wildman–Crippen LogP) is 0.952. The van der Waals surface area contributed by atoms with Crippen molar-refractivity contribution < 1.29 is 8.42 Å². The molecule has 96 valence electrons. The van der Waals surface area contributed by atoms with Gasteiger partial charge in [0.1, 0.15) is 0 Å². The normalized spacial score (nSPS) is 21.8. The van der Waals surface area contributed by atoms with E-state index in [4.69, 9.17) is 0 Å². The highest BCUT2D eigenvalue weighted by atomic mass is 32.2.